The van der Waals surface area contributed by atoms with E-state index >= 15 is 0 Å². The smallest absolute Gasteiger partial charge is 0.127 e. The molecule has 0 bridgehead atoms. The number of phenolic OH excluding ortho intramolecular Hbond substituents is 1. The molecule has 3 nitrogen and oxygen atoms in total. The third kappa shape index (κ3) is 2.76. The van der Waals surface area contributed by atoms with Gasteiger partial charge in [-0.25, -0.2) is 0 Å². The first-order valence-electron chi connectivity index (χ1n) is 8.48. The Kier molecular flexibility index (Phi) is 3.75. The SMILES string of the molecule is CC(C)(C)c1cc(O)c2c(c1)OC(C)(C)C1CC=C(CO)CC21. The summed E-state index contributed by atoms with van der Waals surface area (Å²) in [6.45, 7) is 10.8. The molecular weight excluding hydrogens is 288 g/mol. The number of allylic oxidation sites excluding steroid dienone is 1. The van der Waals surface area contributed by atoms with Gasteiger partial charge in [-0.1, -0.05) is 26.8 Å². The summed E-state index contributed by atoms with van der Waals surface area (Å²) in [4.78, 5) is 0. The van der Waals surface area contributed by atoms with Gasteiger partial charge in [0.05, 0.1) is 6.61 Å². The molecule has 0 saturated heterocycles. The highest BCUT2D eigenvalue weighted by Gasteiger charge is 2.46. The van der Waals surface area contributed by atoms with Crippen LogP contribution in [0.3, 0.4) is 0 Å². The van der Waals surface area contributed by atoms with Crippen LogP contribution in [0.15, 0.2) is 23.8 Å². The van der Waals surface area contributed by atoms with Crippen molar-refractivity contribution < 1.29 is 14.9 Å². The van der Waals surface area contributed by atoms with Crippen LogP contribution in [0.2, 0.25) is 0 Å². The van der Waals surface area contributed by atoms with Crippen molar-refractivity contribution in [1.82, 2.24) is 0 Å². The minimum Gasteiger partial charge on any atom is -0.508 e. The van der Waals surface area contributed by atoms with E-state index in [2.05, 4.69) is 46.8 Å². The number of hydrogen-bond donors (Lipinski definition) is 2. The van der Waals surface area contributed by atoms with Gasteiger partial charge in [0.15, 0.2) is 0 Å². The van der Waals surface area contributed by atoms with Gasteiger partial charge < -0.3 is 14.9 Å². The van der Waals surface area contributed by atoms with Crippen molar-refractivity contribution in [2.24, 2.45) is 5.92 Å². The summed E-state index contributed by atoms with van der Waals surface area (Å²) in [7, 11) is 0. The number of rotatable bonds is 1. The van der Waals surface area contributed by atoms with Crippen molar-refractivity contribution in [3.63, 3.8) is 0 Å². The minimum atomic E-state index is -0.280. The standard InChI is InChI=1S/C20H28O3/c1-19(2,3)13-9-16(22)18-14-8-12(11-21)6-7-15(14)20(4,5)23-17(18)10-13/h6,9-10,14-15,21-22H,7-8,11H2,1-5H3. The number of ether oxygens (including phenoxy) is 1. The van der Waals surface area contributed by atoms with Crippen molar-refractivity contribution in [3.05, 3.63) is 34.9 Å². The van der Waals surface area contributed by atoms with E-state index in [4.69, 9.17) is 4.74 Å². The Morgan fingerprint density at radius 1 is 1.26 bits per heavy atom. The largest absolute Gasteiger partial charge is 0.508 e. The number of aliphatic hydroxyl groups is 1. The number of hydrogen-bond acceptors (Lipinski definition) is 3. The molecule has 0 aromatic heterocycles. The zero-order valence-electron chi connectivity index (χ0n) is 14.8. The van der Waals surface area contributed by atoms with Crippen LogP contribution in [0, 0.1) is 5.92 Å². The van der Waals surface area contributed by atoms with Gasteiger partial charge in [0.25, 0.3) is 0 Å². The maximum Gasteiger partial charge on any atom is 0.127 e. The van der Waals surface area contributed by atoms with E-state index in [1.165, 1.54) is 0 Å². The van der Waals surface area contributed by atoms with Crippen LogP contribution in [0.5, 0.6) is 11.5 Å². The molecule has 0 radical (unpaired) electrons. The minimum absolute atomic E-state index is 0.0421. The molecule has 2 unspecified atom stereocenters. The van der Waals surface area contributed by atoms with Crippen LogP contribution in [-0.4, -0.2) is 22.4 Å². The number of phenols is 1. The fraction of sp³-hybridized carbons (Fsp3) is 0.600. The molecule has 0 fully saturated rings. The molecule has 2 aliphatic rings. The molecule has 3 rings (SSSR count). The fourth-order valence-electron chi connectivity index (χ4n) is 4.03. The predicted molar refractivity (Wildman–Crippen MR) is 92.1 cm³/mol. The predicted octanol–water partition coefficient (Wildman–Crippen LogP) is 4.27. The van der Waals surface area contributed by atoms with Crippen molar-refractivity contribution in [2.45, 2.75) is 64.4 Å². The second kappa shape index (κ2) is 5.27. The number of aliphatic hydroxyl groups excluding tert-OH is 1. The molecule has 0 saturated carbocycles. The Morgan fingerprint density at radius 3 is 2.57 bits per heavy atom. The molecule has 1 heterocycles. The van der Waals surface area contributed by atoms with Crippen LogP contribution in [0.4, 0.5) is 0 Å². The van der Waals surface area contributed by atoms with Crippen LogP contribution in [0.1, 0.15) is 64.5 Å². The fourth-order valence-corrected chi connectivity index (χ4v) is 4.03. The van der Waals surface area contributed by atoms with Gasteiger partial charge >= 0.3 is 0 Å². The van der Waals surface area contributed by atoms with Crippen LogP contribution in [0.25, 0.3) is 0 Å². The third-order valence-corrected chi connectivity index (χ3v) is 5.45. The molecule has 1 aliphatic heterocycles. The lowest BCUT2D eigenvalue weighted by atomic mass is 9.66. The molecular formula is C20H28O3. The Balaban J connectivity index is 2.13. The Bertz CT molecular complexity index is 650. The number of benzene rings is 1. The van der Waals surface area contributed by atoms with Gasteiger partial charge in [-0.2, -0.15) is 0 Å². The average molecular weight is 316 g/mol. The molecule has 3 heteroatoms. The van der Waals surface area contributed by atoms with Crippen LogP contribution >= 0.6 is 0 Å². The van der Waals surface area contributed by atoms with E-state index in [-0.39, 0.29) is 23.5 Å². The Morgan fingerprint density at radius 2 is 1.96 bits per heavy atom. The Hall–Kier alpha value is -1.48. The summed E-state index contributed by atoms with van der Waals surface area (Å²) in [5.41, 5.74) is 2.74. The van der Waals surface area contributed by atoms with Crippen molar-refractivity contribution in [2.75, 3.05) is 6.61 Å². The van der Waals surface area contributed by atoms with E-state index in [0.29, 0.717) is 11.7 Å². The maximum atomic E-state index is 10.7. The molecule has 126 valence electrons. The zero-order chi connectivity index (χ0) is 17.0. The van der Waals surface area contributed by atoms with E-state index in [9.17, 15) is 10.2 Å². The average Bonchev–Trinajstić information content (AvgIpc) is 2.44. The van der Waals surface area contributed by atoms with Gasteiger partial charge in [-0.15, -0.1) is 0 Å². The molecule has 1 aromatic carbocycles. The van der Waals surface area contributed by atoms with Crippen LogP contribution < -0.4 is 4.74 Å². The molecule has 0 amide bonds. The normalized spacial score (nSPS) is 25.9. The second-order valence-electron chi connectivity index (χ2n) is 8.54. The molecule has 23 heavy (non-hydrogen) atoms. The maximum absolute atomic E-state index is 10.7. The first-order chi connectivity index (χ1) is 10.6. The number of aromatic hydroxyl groups is 1. The van der Waals surface area contributed by atoms with Crippen molar-refractivity contribution in [1.29, 1.82) is 0 Å². The second-order valence-corrected chi connectivity index (χ2v) is 8.54. The van der Waals surface area contributed by atoms with Crippen molar-refractivity contribution >= 4 is 0 Å². The van der Waals surface area contributed by atoms with E-state index in [1.807, 2.05) is 6.07 Å². The molecule has 2 atom stereocenters. The third-order valence-electron chi connectivity index (χ3n) is 5.45. The number of fused-ring (bicyclic) bond motifs is 3. The topological polar surface area (TPSA) is 49.7 Å². The lowest BCUT2D eigenvalue weighted by Gasteiger charge is -2.47. The van der Waals surface area contributed by atoms with Gasteiger partial charge in [-0.05, 0) is 55.4 Å². The molecule has 0 spiro atoms. The molecule has 2 N–H and O–H groups in total. The van der Waals surface area contributed by atoms with E-state index in [0.717, 1.165) is 35.3 Å². The van der Waals surface area contributed by atoms with Gasteiger partial charge in [0.1, 0.15) is 17.1 Å². The first-order valence-corrected chi connectivity index (χ1v) is 8.48. The summed E-state index contributed by atoms with van der Waals surface area (Å²) in [6.07, 6.45) is 3.81. The van der Waals surface area contributed by atoms with Gasteiger partial charge in [-0.3, -0.25) is 0 Å². The van der Waals surface area contributed by atoms with Crippen LogP contribution in [-0.2, 0) is 5.41 Å². The Labute approximate surface area is 139 Å². The lowest BCUT2D eigenvalue weighted by molar-refractivity contribution is 0.00664. The highest BCUT2D eigenvalue weighted by molar-refractivity contribution is 5.53. The first kappa shape index (κ1) is 16.4. The molecule has 1 aromatic rings. The summed E-state index contributed by atoms with van der Waals surface area (Å²) >= 11 is 0. The quantitative estimate of drug-likeness (QED) is 0.761. The van der Waals surface area contributed by atoms with Gasteiger partial charge in [0.2, 0.25) is 0 Å². The summed E-state index contributed by atoms with van der Waals surface area (Å²) in [6, 6.07) is 3.97. The van der Waals surface area contributed by atoms with Gasteiger partial charge in [0, 0.05) is 17.4 Å². The van der Waals surface area contributed by atoms with Crippen molar-refractivity contribution in [3.8, 4) is 11.5 Å². The summed E-state index contributed by atoms with van der Waals surface area (Å²) < 4.78 is 6.32. The summed E-state index contributed by atoms with van der Waals surface area (Å²) in [5.74, 6) is 1.66. The van der Waals surface area contributed by atoms with E-state index in [1.54, 1.807) is 0 Å². The molecule has 1 aliphatic carbocycles. The monoisotopic (exact) mass is 316 g/mol. The summed E-state index contributed by atoms with van der Waals surface area (Å²) in [5, 5.41) is 20.2. The van der Waals surface area contributed by atoms with E-state index < -0.39 is 0 Å². The highest BCUT2D eigenvalue weighted by Crippen LogP contribution is 2.54. The zero-order valence-corrected chi connectivity index (χ0v) is 14.8. The lowest BCUT2D eigenvalue weighted by Crippen LogP contribution is -2.45. The highest BCUT2D eigenvalue weighted by atomic mass is 16.5.